The predicted octanol–water partition coefficient (Wildman–Crippen LogP) is 2.85. The summed E-state index contributed by atoms with van der Waals surface area (Å²) in [6.45, 7) is 0. The third kappa shape index (κ3) is 3.33. The fourth-order valence-electron chi connectivity index (χ4n) is 1.92. The number of benzene rings is 2. The summed E-state index contributed by atoms with van der Waals surface area (Å²) >= 11 is 2.13. The second kappa shape index (κ2) is 6.13. The lowest BCUT2D eigenvalue weighted by atomic mass is 10.1. The molecule has 6 heteroatoms. The molecule has 1 amide bonds. The molecule has 0 aliphatic rings. The Morgan fingerprint density at radius 1 is 1.14 bits per heavy atom. The van der Waals surface area contributed by atoms with Gasteiger partial charge < -0.3 is 15.7 Å². The first-order chi connectivity index (χ1) is 9.90. The lowest BCUT2D eigenvalue weighted by Crippen LogP contribution is -2.27. The number of nitrogen functional groups attached to an aromatic ring is 1. The van der Waals surface area contributed by atoms with Crippen molar-refractivity contribution < 1.29 is 14.7 Å². The second-order valence-electron chi connectivity index (χ2n) is 4.45. The Hall–Kier alpha value is -2.09. The molecule has 0 saturated carbocycles. The summed E-state index contributed by atoms with van der Waals surface area (Å²) in [5.74, 6) is -1.26. The van der Waals surface area contributed by atoms with Crippen LogP contribution in [0.5, 0.6) is 0 Å². The first kappa shape index (κ1) is 15.3. The average molecular weight is 396 g/mol. The molecule has 0 heterocycles. The number of aromatic carboxylic acids is 1. The van der Waals surface area contributed by atoms with Crippen molar-refractivity contribution in [2.24, 2.45) is 0 Å². The van der Waals surface area contributed by atoms with E-state index >= 15 is 0 Å². The van der Waals surface area contributed by atoms with E-state index in [1.807, 2.05) is 6.07 Å². The number of halogens is 1. The Labute approximate surface area is 135 Å². The van der Waals surface area contributed by atoms with Crippen LogP contribution in [0.3, 0.4) is 0 Å². The van der Waals surface area contributed by atoms with Crippen LogP contribution in [0.4, 0.5) is 11.4 Å². The van der Waals surface area contributed by atoms with E-state index in [1.54, 1.807) is 25.2 Å². The number of hydrogen-bond donors (Lipinski definition) is 2. The number of carbonyl (C=O) groups is 2. The zero-order valence-electron chi connectivity index (χ0n) is 11.2. The van der Waals surface area contributed by atoms with Crippen LogP contribution in [0, 0.1) is 3.57 Å². The van der Waals surface area contributed by atoms with Crippen molar-refractivity contribution in [1.29, 1.82) is 0 Å². The third-order valence-corrected chi connectivity index (χ3v) is 3.68. The highest BCUT2D eigenvalue weighted by atomic mass is 127. The van der Waals surface area contributed by atoms with Gasteiger partial charge in [0.05, 0.1) is 16.9 Å². The minimum Gasteiger partial charge on any atom is -0.478 e. The van der Waals surface area contributed by atoms with Crippen LogP contribution in [-0.2, 0) is 0 Å². The molecule has 0 fully saturated rings. The number of carboxylic acids is 1. The Kier molecular flexibility index (Phi) is 4.46. The molecule has 0 spiro atoms. The molecule has 0 aliphatic carbocycles. The van der Waals surface area contributed by atoms with E-state index in [0.717, 1.165) is 3.57 Å². The fraction of sp³-hybridized carbons (Fsp3) is 0.0667. The molecule has 3 N–H and O–H groups in total. The van der Waals surface area contributed by atoms with Crippen molar-refractivity contribution in [3.63, 3.8) is 0 Å². The van der Waals surface area contributed by atoms with E-state index in [0.29, 0.717) is 11.3 Å². The number of amides is 1. The molecular weight excluding hydrogens is 383 g/mol. The van der Waals surface area contributed by atoms with E-state index in [9.17, 15) is 9.59 Å². The smallest absolute Gasteiger partial charge is 0.335 e. The number of hydrogen-bond acceptors (Lipinski definition) is 3. The van der Waals surface area contributed by atoms with Gasteiger partial charge in [0.2, 0.25) is 0 Å². The highest BCUT2D eigenvalue weighted by Gasteiger charge is 2.17. The molecule has 0 radical (unpaired) electrons. The van der Waals surface area contributed by atoms with Gasteiger partial charge in [-0.1, -0.05) is 6.07 Å². The molecule has 0 atom stereocenters. The van der Waals surface area contributed by atoms with Crippen molar-refractivity contribution in [2.45, 2.75) is 0 Å². The molecule has 0 aliphatic heterocycles. The Balaban J connectivity index is 2.33. The van der Waals surface area contributed by atoms with Gasteiger partial charge in [-0.25, -0.2) is 4.79 Å². The first-order valence-corrected chi connectivity index (χ1v) is 7.14. The summed E-state index contributed by atoms with van der Waals surface area (Å²) in [5.41, 5.74) is 7.21. The van der Waals surface area contributed by atoms with Gasteiger partial charge in [0, 0.05) is 16.2 Å². The normalized spacial score (nSPS) is 10.2. The van der Waals surface area contributed by atoms with E-state index in [-0.39, 0.29) is 17.2 Å². The highest BCUT2D eigenvalue weighted by Crippen LogP contribution is 2.25. The van der Waals surface area contributed by atoms with Gasteiger partial charge in [-0.15, -0.1) is 0 Å². The molecule has 2 aromatic rings. The van der Waals surface area contributed by atoms with Crippen molar-refractivity contribution in [1.82, 2.24) is 0 Å². The van der Waals surface area contributed by atoms with Crippen molar-refractivity contribution >= 4 is 45.8 Å². The quantitative estimate of drug-likeness (QED) is 0.618. The predicted molar refractivity (Wildman–Crippen MR) is 89.7 cm³/mol. The molecule has 21 heavy (non-hydrogen) atoms. The van der Waals surface area contributed by atoms with Crippen LogP contribution in [0.15, 0.2) is 42.5 Å². The van der Waals surface area contributed by atoms with Crippen LogP contribution >= 0.6 is 22.6 Å². The number of nitrogens with two attached hydrogens (primary N) is 1. The molecule has 108 valence electrons. The molecular formula is C15H13IN2O3. The Morgan fingerprint density at radius 2 is 1.86 bits per heavy atom. The molecule has 0 aromatic heterocycles. The number of rotatable bonds is 3. The van der Waals surface area contributed by atoms with Gasteiger partial charge in [-0.05, 0) is 59.0 Å². The number of nitrogens with zero attached hydrogens (tertiary/aromatic N) is 1. The molecule has 0 bridgehead atoms. The number of carboxylic acid groups (broad SMARTS) is 1. The molecule has 2 rings (SSSR count). The van der Waals surface area contributed by atoms with Crippen LogP contribution in [0.2, 0.25) is 0 Å². The summed E-state index contributed by atoms with van der Waals surface area (Å²) in [4.78, 5) is 24.7. The maximum atomic E-state index is 12.4. The van der Waals surface area contributed by atoms with Crippen molar-refractivity contribution in [3.8, 4) is 0 Å². The molecule has 5 nitrogen and oxygen atoms in total. The maximum absolute atomic E-state index is 12.4. The molecule has 0 saturated heterocycles. The van der Waals surface area contributed by atoms with E-state index < -0.39 is 5.97 Å². The monoisotopic (exact) mass is 396 g/mol. The Bertz CT molecular complexity index is 716. The van der Waals surface area contributed by atoms with Crippen molar-refractivity contribution in [3.05, 3.63) is 57.2 Å². The van der Waals surface area contributed by atoms with Gasteiger partial charge in [0.25, 0.3) is 5.91 Å². The van der Waals surface area contributed by atoms with Gasteiger partial charge in [0.15, 0.2) is 0 Å². The highest BCUT2D eigenvalue weighted by molar-refractivity contribution is 14.1. The zero-order valence-corrected chi connectivity index (χ0v) is 13.4. The summed E-state index contributed by atoms with van der Waals surface area (Å²) in [5, 5.41) is 8.92. The average Bonchev–Trinajstić information content (AvgIpc) is 2.45. The summed E-state index contributed by atoms with van der Waals surface area (Å²) < 4.78 is 0.959. The summed E-state index contributed by atoms with van der Waals surface area (Å²) in [6.07, 6.45) is 0. The summed E-state index contributed by atoms with van der Waals surface area (Å²) in [7, 11) is 1.61. The van der Waals surface area contributed by atoms with E-state index in [1.165, 1.54) is 23.1 Å². The van der Waals surface area contributed by atoms with Crippen LogP contribution < -0.4 is 10.6 Å². The largest absolute Gasteiger partial charge is 0.478 e. The molecule has 2 aromatic carbocycles. The fourth-order valence-corrected chi connectivity index (χ4v) is 2.46. The third-order valence-electron chi connectivity index (χ3n) is 3.01. The first-order valence-electron chi connectivity index (χ1n) is 6.06. The molecule has 0 unspecified atom stereocenters. The lowest BCUT2D eigenvalue weighted by molar-refractivity contribution is 0.0697. The van der Waals surface area contributed by atoms with Gasteiger partial charge in [0.1, 0.15) is 0 Å². The van der Waals surface area contributed by atoms with Crippen LogP contribution in [-0.4, -0.2) is 24.0 Å². The maximum Gasteiger partial charge on any atom is 0.335 e. The Morgan fingerprint density at radius 3 is 2.43 bits per heavy atom. The van der Waals surface area contributed by atoms with Gasteiger partial charge in [-0.2, -0.15) is 0 Å². The van der Waals surface area contributed by atoms with E-state index in [4.69, 9.17) is 10.8 Å². The standard InChI is InChI=1S/C15H13IN2O3/c1-18(14(19)9-3-2-4-11(16)7-9)13-6-5-10(15(20)21)8-12(13)17/h2-8H,17H2,1H3,(H,20,21). The number of anilines is 2. The zero-order chi connectivity index (χ0) is 15.6. The van der Waals surface area contributed by atoms with Crippen LogP contribution in [0.1, 0.15) is 20.7 Å². The number of carbonyl (C=O) groups excluding carboxylic acids is 1. The minimum absolute atomic E-state index is 0.0892. The minimum atomic E-state index is -1.06. The van der Waals surface area contributed by atoms with E-state index in [2.05, 4.69) is 22.6 Å². The topological polar surface area (TPSA) is 83.6 Å². The van der Waals surface area contributed by atoms with Gasteiger partial charge in [-0.3, -0.25) is 4.79 Å². The van der Waals surface area contributed by atoms with Crippen molar-refractivity contribution in [2.75, 3.05) is 17.7 Å². The van der Waals surface area contributed by atoms with Gasteiger partial charge >= 0.3 is 5.97 Å². The second-order valence-corrected chi connectivity index (χ2v) is 5.70. The van der Waals surface area contributed by atoms with Crippen LogP contribution in [0.25, 0.3) is 0 Å². The SMILES string of the molecule is CN(C(=O)c1cccc(I)c1)c1ccc(C(=O)O)cc1N. The summed E-state index contributed by atoms with van der Waals surface area (Å²) in [6, 6.07) is 11.5. The lowest BCUT2D eigenvalue weighted by Gasteiger charge is -2.19.